The summed E-state index contributed by atoms with van der Waals surface area (Å²) in [6, 6.07) is 1.15. The van der Waals surface area contributed by atoms with Gasteiger partial charge in [0.05, 0.1) is 0 Å². The average Bonchev–Trinajstić information content (AvgIpc) is 1.82. The zero-order valence-electron chi connectivity index (χ0n) is 5.42. The summed E-state index contributed by atoms with van der Waals surface area (Å²) in [6.07, 6.45) is 0. The molecule has 1 rings (SSSR count). The number of hydrogen-bond donors (Lipinski definition) is 2. The van der Waals surface area contributed by atoms with Crippen molar-refractivity contribution in [2.45, 2.75) is 0 Å². The number of aromatic amines is 1. The van der Waals surface area contributed by atoms with E-state index in [1.54, 1.807) is 0 Å². The van der Waals surface area contributed by atoms with E-state index in [1.807, 2.05) is 0 Å². The van der Waals surface area contributed by atoms with E-state index in [-0.39, 0.29) is 5.82 Å². The number of aromatic nitrogens is 2. The molecule has 52 valence electrons. The molecule has 0 aliphatic heterocycles. The molecule has 0 bridgehead atoms. The number of nitrogens with zero attached hydrogens (tertiary/aromatic N) is 1. The van der Waals surface area contributed by atoms with Crippen LogP contribution in [0.2, 0.25) is 0 Å². The minimum Gasteiger partial charge on any atom is -0.385 e. The van der Waals surface area contributed by atoms with Gasteiger partial charge in [-0.25, -0.2) is 4.79 Å². The van der Waals surface area contributed by atoms with Crippen LogP contribution in [-0.2, 0) is 0 Å². The van der Waals surface area contributed by atoms with E-state index < -0.39 is 11.2 Å². The lowest BCUT2D eigenvalue weighted by Crippen LogP contribution is -2.33. The molecule has 0 aliphatic rings. The second-order valence-corrected chi connectivity index (χ2v) is 1.93. The van der Waals surface area contributed by atoms with Crippen LogP contribution < -0.4 is 17.0 Å². The maximum absolute atomic E-state index is 10.7. The predicted octanol–water partition coefficient (Wildman–Crippen LogP) is -2.49. The molecule has 1 heterocycles. The lowest BCUT2D eigenvalue weighted by atomic mass is 10.4. The summed E-state index contributed by atoms with van der Waals surface area (Å²) in [5, 5.41) is 0. The number of hydrogen-bond acceptors (Lipinski definition) is 3. The third-order valence-corrected chi connectivity index (χ3v) is 1.17. The number of nitrogens with two attached hydrogens (primary N) is 1. The predicted molar refractivity (Wildman–Crippen MR) is 39.7 cm³/mol. The lowest BCUT2D eigenvalue weighted by molar-refractivity contribution is 0.972. The molecule has 0 unspecified atom stereocenters. The number of H-pyrrole nitrogens is 1. The van der Waals surface area contributed by atoms with E-state index in [2.05, 4.69) is 4.98 Å². The van der Waals surface area contributed by atoms with Gasteiger partial charge in [-0.1, -0.05) is 0 Å². The van der Waals surface area contributed by atoms with Crippen molar-refractivity contribution >= 4 is 13.8 Å². The van der Waals surface area contributed by atoms with Crippen molar-refractivity contribution < 1.29 is 0 Å². The number of rotatable bonds is 0. The van der Waals surface area contributed by atoms with Crippen LogP contribution >= 0.6 is 0 Å². The highest BCUT2D eigenvalue weighted by molar-refractivity contribution is 6.06. The monoisotopic (exact) mass is 139 g/mol. The first-order valence-electron chi connectivity index (χ1n) is 2.67. The van der Waals surface area contributed by atoms with Gasteiger partial charge in [0.25, 0.3) is 0 Å². The zero-order valence-corrected chi connectivity index (χ0v) is 5.42. The molecule has 0 atom stereocenters. The van der Waals surface area contributed by atoms with Gasteiger partial charge in [-0.15, -0.1) is 0 Å². The summed E-state index contributed by atoms with van der Waals surface area (Å²) in [4.78, 5) is 23.7. The molecule has 0 amide bonds. The van der Waals surface area contributed by atoms with Crippen LogP contribution in [0.4, 0.5) is 5.82 Å². The first-order chi connectivity index (χ1) is 4.61. The van der Waals surface area contributed by atoms with Crippen molar-refractivity contribution in [1.82, 2.24) is 9.46 Å². The highest BCUT2D eigenvalue weighted by Gasteiger charge is 1.94. The van der Waals surface area contributed by atoms with Crippen molar-refractivity contribution in [2.24, 2.45) is 0 Å². The van der Waals surface area contributed by atoms with Crippen LogP contribution in [0.15, 0.2) is 15.7 Å². The van der Waals surface area contributed by atoms with Crippen molar-refractivity contribution in [3.63, 3.8) is 0 Å². The highest BCUT2D eigenvalue weighted by Crippen LogP contribution is 1.79. The Hall–Kier alpha value is -1.46. The first kappa shape index (κ1) is 6.66. The van der Waals surface area contributed by atoms with E-state index in [0.29, 0.717) is 0 Å². The maximum atomic E-state index is 10.7. The molecule has 0 fully saturated rings. The third-order valence-electron chi connectivity index (χ3n) is 1.17. The minimum absolute atomic E-state index is 0.0908. The van der Waals surface area contributed by atoms with E-state index in [1.165, 1.54) is 7.98 Å². The fourth-order valence-corrected chi connectivity index (χ4v) is 0.573. The number of anilines is 1. The van der Waals surface area contributed by atoms with Crippen molar-refractivity contribution in [3.05, 3.63) is 26.9 Å². The second kappa shape index (κ2) is 2.05. The van der Waals surface area contributed by atoms with Gasteiger partial charge in [0.15, 0.2) is 0 Å². The lowest BCUT2D eigenvalue weighted by Gasteiger charge is -1.94. The van der Waals surface area contributed by atoms with Gasteiger partial charge in [-0.2, -0.15) is 0 Å². The van der Waals surface area contributed by atoms with E-state index in [4.69, 9.17) is 5.73 Å². The Bertz CT molecular complexity index is 321. The van der Waals surface area contributed by atoms with Gasteiger partial charge >= 0.3 is 5.69 Å². The van der Waals surface area contributed by atoms with Gasteiger partial charge < -0.3 is 10.2 Å². The first-order valence-corrected chi connectivity index (χ1v) is 2.67. The molecule has 3 N–H and O–H groups in total. The highest BCUT2D eigenvalue weighted by atomic mass is 16.2. The normalized spacial score (nSPS) is 9.60. The van der Waals surface area contributed by atoms with Crippen molar-refractivity contribution in [3.8, 4) is 0 Å². The van der Waals surface area contributed by atoms with Crippen LogP contribution in [0.1, 0.15) is 0 Å². The third kappa shape index (κ3) is 0.951. The maximum Gasteiger partial charge on any atom is 0.317 e. The Kier molecular flexibility index (Phi) is 1.37. The van der Waals surface area contributed by atoms with Gasteiger partial charge in [-0.3, -0.25) is 9.78 Å². The molecular formula is C4H6BN3O2. The van der Waals surface area contributed by atoms with Crippen LogP contribution in [0.5, 0.6) is 0 Å². The summed E-state index contributed by atoms with van der Waals surface area (Å²) in [6.45, 7) is 0. The molecule has 6 heteroatoms. The molecule has 1 aromatic rings. The molecular weight excluding hydrogens is 133 g/mol. The average molecular weight is 139 g/mol. The molecule has 1 aromatic heterocycles. The summed E-state index contributed by atoms with van der Waals surface area (Å²) < 4.78 is 0.941. The topological polar surface area (TPSA) is 80.9 Å². The van der Waals surface area contributed by atoms with Gasteiger partial charge in [0, 0.05) is 6.07 Å². The molecule has 0 radical (unpaired) electrons. The Labute approximate surface area is 56.9 Å². The quantitative estimate of drug-likeness (QED) is 0.390. The number of nitrogen functional groups attached to an aromatic ring is 1. The molecule has 0 saturated carbocycles. The summed E-state index contributed by atoms with van der Waals surface area (Å²) in [5.41, 5.74) is 4.26. The molecule has 5 nitrogen and oxygen atoms in total. The van der Waals surface area contributed by atoms with Crippen LogP contribution in [0, 0.1) is 0 Å². The van der Waals surface area contributed by atoms with Gasteiger partial charge in [-0.05, 0) is 0 Å². The standard InChI is InChI=1S/C4H6BN3O2/c5-8-3(9)1-2(6)7-4(8)10/h1H,5-6H2,(H,7,10). The minimum atomic E-state index is -0.495. The molecule has 0 aromatic carbocycles. The van der Waals surface area contributed by atoms with Gasteiger partial charge in [0.2, 0.25) is 13.5 Å². The second-order valence-electron chi connectivity index (χ2n) is 1.93. The zero-order chi connectivity index (χ0) is 7.72. The van der Waals surface area contributed by atoms with Crippen LogP contribution in [0.25, 0.3) is 0 Å². The van der Waals surface area contributed by atoms with E-state index in [0.717, 1.165) is 10.5 Å². The summed E-state index contributed by atoms with van der Waals surface area (Å²) >= 11 is 0. The smallest absolute Gasteiger partial charge is 0.317 e. The van der Waals surface area contributed by atoms with Crippen molar-refractivity contribution in [1.29, 1.82) is 0 Å². The molecule has 0 saturated heterocycles. The summed E-state index contributed by atoms with van der Waals surface area (Å²) in [7, 11) is 1.38. The Balaban J connectivity index is 3.62. The summed E-state index contributed by atoms with van der Waals surface area (Å²) in [5.74, 6) is 0.0908. The van der Waals surface area contributed by atoms with Crippen LogP contribution in [-0.4, -0.2) is 17.4 Å². The van der Waals surface area contributed by atoms with E-state index >= 15 is 0 Å². The Morgan fingerprint density at radius 3 is 2.70 bits per heavy atom. The van der Waals surface area contributed by atoms with Crippen molar-refractivity contribution in [2.75, 3.05) is 5.73 Å². The molecule has 10 heavy (non-hydrogen) atoms. The SMILES string of the molecule is Bn1c(=O)cc(N)[nH]c1=O. The largest absolute Gasteiger partial charge is 0.385 e. The van der Waals surface area contributed by atoms with Crippen LogP contribution in [0.3, 0.4) is 0 Å². The molecule has 0 aliphatic carbocycles. The number of nitrogens with one attached hydrogen (secondary N) is 1. The Morgan fingerprint density at radius 1 is 1.60 bits per heavy atom. The fourth-order valence-electron chi connectivity index (χ4n) is 0.573. The van der Waals surface area contributed by atoms with Gasteiger partial charge in [0.1, 0.15) is 5.82 Å². The van der Waals surface area contributed by atoms with E-state index in [9.17, 15) is 9.59 Å². The Morgan fingerprint density at radius 2 is 2.20 bits per heavy atom. The fraction of sp³-hybridized carbons (Fsp3) is 0. The molecule has 0 spiro atoms.